The van der Waals surface area contributed by atoms with Crippen molar-refractivity contribution in [3.63, 3.8) is 0 Å². The van der Waals surface area contributed by atoms with Crippen molar-refractivity contribution in [2.75, 3.05) is 0 Å². The lowest BCUT2D eigenvalue weighted by Crippen LogP contribution is -2.45. The van der Waals surface area contributed by atoms with Crippen LogP contribution in [0.1, 0.15) is 27.0 Å². The minimum Gasteiger partial charge on any atom is -0.368 e. The third-order valence-electron chi connectivity index (χ3n) is 3.78. The fraction of sp³-hybridized carbons (Fsp3) is 0.222. The second kappa shape index (κ2) is 7.29. The lowest BCUT2D eigenvalue weighted by Gasteiger charge is -2.16. The Morgan fingerprint density at radius 3 is 2.43 bits per heavy atom. The van der Waals surface area contributed by atoms with Gasteiger partial charge in [0.2, 0.25) is 5.91 Å². The SMILES string of the molecule is Cc1ccc(C[C@@H](NC(=O)c2ccccc2Cl)C(N)=O)cc1C. The number of rotatable bonds is 5. The Kier molecular flexibility index (Phi) is 5.40. The zero-order valence-electron chi connectivity index (χ0n) is 13.1. The Bertz CT molecular complexity index is 744. The quantitative estimate of drug-likeness (QED) is 0.884. The number of hydrogen-bond donors (Lipinski definition) is 2. The van der Waals surface area contributed by atoms with E-state index in [1.165, 1.54) is 5.56 Å². The van der Waals surface area contributed by atoms with Crippen molar-refractivity contribution < 1.29 is 9.59 Å². The first-order valence-corrected chi connectivity index (χ1v) is 7.67. The Morgan fingerprint density at radius 2 is 1.83 bits per heavy atom. The highest BCUT2D eigenvalue weighted by atomic mass is 35.5. The van der Waals surface area contributed by atoms with Gasteiger partial charge >= 0.3 is 0 Å². The molecule has 2 aromatic carbocycles. The molecule has 0 aliphatic heterocycles. The van der Waals surface area contributed by atoms with Crippen molar-refractivity contribution in [1.29, 1.82) is 0 Å². The van der Waals surface area contributed by atoms with Crippen LogP contribution in [-0.2, 0) is 11.2 Å². The van der Waals surface area contributed by atoms with Crippen LogP contribution in [0.25, 0.3) is 0 Å². The van der Waals surface area contributed by atoms with E-state index in [0.29, 0.717) is 17.0 Å². The first-order valence-electron chi connectivity index (χ1n) is 7.29. The minimum atomic E-state index is -0.791. The molecule has 0 heterocycles. The number of nitrogens with one attached hydrogen (secondary N) is 1. The summed E-state index contributed by atoms with van der Waals surface area (Å²) in [6, 6.07) is 11.8. The highest BCUT2D eigenvalue weighted by Gasteiger charge is 2.20. The average Bonchev–Trinajstić information content (AvgIpc) is 2.50. The van der Waals surface area contributed by atoms with Crippen molar-refractivity contribution in [2.24, 2.45) is 5.73 Å². The van der Waals surface area contributed by atoms with Crippen LogP contribution in [0, 0.1) is 13.8 Å². The molecule has 2 amide bonds. The van der Waals surface area contributed by atoms with Gasteiger partial charge in [0.1, 0.15) is 6.04 Å². The monoisotopic (exact) mass is 330 g/mol. The summed E-state index contributed by atoms with van der Waals surface area (Å²) in [4.78, 5) is 24.0. The molecule has 0 aliphatic carbocycles. The first-order chi connectivity index (χ1) is 10.9. The summed E-state index contributed by atoms with van der Waals surface area (Å²) >= 11 is 6.00. The number of aryl methyl sites for hydroxylation is 2. The second-order valence-electron chi connectivity index (χ2n) is 5.53. The first kappa shape index (κ1) is 17.0. The molecule has 23 heavy (non-hydrogen) atoms. The molecule has 0 aromatic heterocycles. The Labute approximate surface area is 140 Å². The molecule has 0 fully saturated rings. The number of hydrogen-bond acceptors (Lipinski definition) is 2. The summed E-state index contributed by atoms with van der Waals surface area (Å²) in [6.45, 7) is 4.02. The zero-order chi connectivity index (χ0) is 17.0. The van der Waals surface area contributed by atoms with Gasteiger partial charge < -0.3 is 11.1 Å². The maximum Gasteiger partial charge on any atom is 0.253 e. The molecule has 2 aromatic rings. The van der Waals surface area contributed by atoms with Gasteiger partial charge in [0.25, 0.3) is 5.91 Å². The van der Waals surface area contributed by atoms with Crippen molar-refractivity contribution in [3.05, 3.63) is 69.7 Å². The molecule has 4 nitrogen and oxygen atoms in total. The molecule has 0 unspecified atom stereocenters. The van der Waals surface area contributed by atoms with E-state index in [9.17, 15) is 9.59 Å². The topological polar surface area (TPSA) is 72.2 Å². The molecule has 0 saturated carbocycles. The molecule has 0 radical (unpaired) electrons. The maximum atomic E-state index is 12.3. The van der Waals surface area contributed by atoms with Crippen LogP contribution in [0.2, 0.25) is 5.02 Å². The molecule has 0 spiro atoms. The van der Waals surface area contributed by atoms with E-state index < -0.39 is 17.9 Å². The third-order valence-corrected chi connectivity index (χ3v) is 4.11. The number of primary amides is 1. The van der Waals surface area contributed by atoms with Gasteiger partial charge in [-0.25, -0.2) is 0 Å². The van der Waals surface area contributed by atoms with E-state index >= 15 is 0 Å². The molecule has 0 aliphatic rings. The number of amides is 2. The largest absolute Gasteiger partial charge is 0.368 e. The van der Waals surface area contributed by atoms with Gasteiger partial charge in [-0.1, -0.05) is 41.9 Å². The molecule has 1 atom stereocenters. The van der Waals surface area contributed by atoms with E-state index in [-0.39, 0.29) is 0 Å². The molecular weight excluding hydrogens is 312 g/mol. The smallest absolute Gasteiger partial charge is 0.253 e. The highest BCUT2D eigenvalue weighted by Crippen LogP contribution is 2.16. The molecule has 120 valence electrons. The van der Waals surface area contributed by atoms with Gasteiger partial charge in [-0.3, -0.25) is 9.59 Å². The van der Waals surface area contributed by atoms with Crippen molar-refractivity contribution in [3.8, 4) is 0 Å². The summed E-state index contributed by atoms with van der Waals surface area (Å²) in [5, 5.41) is 2.99. The van der Waals surface area contributed by atoms with Crippen molar-refractivity contribution in [1.82, 2.24) is 5.32 Å². The fourth-order valence-electron chi connectivity index (χ4n) is 2.27. The fourth-order valence-corrected chi connectivity index (χ4v) is 2.49. The van der Waals surface area contributed by atoms with Crippen LogP contribution < -0.4 is 11.1 Å². The van der Waals surface area contributed by atoms with Gasteiger partial charge in [-0.15, -0.1) is 0 Å². The summed E-state index contributed by atoms with van der Waals surface area (Å²) in [5.41, 5.74) is 8.99. The number of nitrogens with two attached hydrogens (primary N) is 1. The summed E-state index contributed by atoms with van der Waals surface area (Å²) in [7, 11) is 0. The predicted molar refractivity (Wildman–Crippen MR) is 91.5 cm³/mol. The highest BCUT2D eigenvalue weighted by molar-refractivity contribution is 6.33. The molecule has 2 rings (SSSR count). The van der Waals surface area contributed by atoms with Gasteiger partial charge in [0.15, 0.2) is 0 Å². The lowest BCUT2D eigenvalue weighted by molar-refractivity contribution is -0.119. The van der Waals surface area contributed by atoms with Gasteiger partial charge in [0, 0.05) is 6.42 Å². The summed E-state index contributed by atoms with van der Waals surface area (Å²) < 4.78 is 0. The Hall–Kier alpha value is -2.33. The standard InChI is InChI=1S/C18H19ClN2O2/c1-11-7-8-13(9-12(11)2)10-16(17(20)22)21-18(23)14-5-3-4-6-15(14)19/h3-9,16H,10H2,1-2H3,(H2,20,22)(H,21,23)/t16-/m1/s1. The molecule has 5 heteroatoms. The van der Waals surface area contributed by atoms with E-state index in [4.69, 9.17) is 17.3 Å². The van der Waals surface area contributed by atoms with Gasteiger partial charge in [-0.05, 0) is 42.7 Å². The Morgan fingerprint density at radius 1 is 1.13 bits per heavy atom. The van der Waals surface area contributed by atoms with Crippen LogP contribution in [0.4, 0.5) is 0 Å². The van der Waals surface area contributed by atoms with Crippen LogP contribution in [0.5, 0.6) is 0 Å². The van der Waals surface area contributed by atoms with Gasteiger partial charge in [-0.2, -0.15) is 0 Å². The Balaban J connectivity index is 2.16. The number of benzene rings is 2. The number of carbonyl (C=O) groups is 2. The number of halogens is 1. The van der Waals surface area contributed by atoms with Crippen LogP contribution in [0.3, 0.4) is 0 Å². The van der Waals surface area contributed by atoms with E-state index in [1.807, 2.05) is 32.0 Å². The van der Waals surface area contributed by atoms with E-state index in [1.54, 1.807) is 24.3 Å². The van der Waals surface area contributed by atoms with Crippen LogP contribution in [-0.4, -0.2) is 17.9 Å². The second-order valence-corrected chi connectivity index (χ2v) is 5.94. The predicted octanol–water partition coefficient (Wildman–Crippen LogP) is 2.78. The molecule has 0 saturated heterocycles. The lowest BCUT2D eigenvalue weighted by atomic mass is 10.0. The van der Waals surface area contributed by atoms with E-state index in [0.717, 1.165) is 11.1 Å². The van der Waals surface area contributed by atoms with Crippen LogP contribution in [0.15, 0.2) is 42.5 Å². The minimum absolute atomic E-state index is 0.320. The van der Waals surface area contributed by atoms with Crippen molar-refractivity contribution in [2.45, 2.75) is 26.3 Å². The maximum absolute atomic E-state index is 12.3. The zero-order valence-corrected chi connectivity index (χ0v) is 13.9. The molecule has 3 N–H and O–H groups in total. The third kappa shape index (κ3) is 4.33. The molecular formula is C18H19ClN2O2. The average molecular weight is 331 g/mol. The molecule has 0 bridgehead atoms. The summed E-state index contributed by atoms with van der Waals surface area (Å²) in [5.74, 6) is -0.994. The number of carbonyl (C=O) groups excluding carboxylic acids is 2. The van der Waals surface area contributed by atoms with E-state index in [2.05, 4.69) is 5.32 Å². The van der Waals surface area contributed by atoms with Gasteiger partial charge in [0.05, 0.1) is 10.6 Å². The normalized spacial score (nSPS) is 11.8. The summed E-state index contributed by atoms with van der Waals surface area (Å²) in [6.07, 6.45) is 0.340. The van der Waals surface area contributed by atoms with Crippen LogP contribution >= 0.6 is 11.6 Å². The van der Waals surface area contributed by atoms with Crippen molar-refractivity contribution >= 4 is 23.4 Å².